The highest BCUT2D eigenvalue weighted by molar-refractivity contribution is 5.79. The normalized spacial score (nSPS) is 7.80. The van der Waals surface area contributed by atoms with Crippen molar-refractivity contribution in [2.45, 2.75) is 27.7 Å². The average Bonchev–Trinajstić information content (AvgIpc) is 2.28. The molecule has 116 valence electrons. The first-order valence-electron chi connectivity index (χ1n) is 5.37. The van der Waals surface area contributed by atoms with E-state index in [-0.39, 0.29) is 0 Å². The zero-order valence-electron chi connectivity index (χ0n) is 12.4. The van der Waals surface area contributed by atoms with Crippen molar-refractivity contribution < 1.29 is 29.7 Å². The van der Waals surface area contributed by atoms with Crippen molar-refractivity contribution in [3.63, 3.8) is 0 Å². The lowest BCUT2D eigenvalue weighted by Crippen LogP contribution is -1.93. The van der Waals surface area contributed by atoms with Crippen LogP contribution in [0.4, 0.5) is 0 Å². The zero-order valence-corrected chi connectivity index (χ0v) is 12.4. The Bertz CT molecular complexity index is 274. The summed E-state index contributed by atoms with van der Waals surface area (Å²) in [6.45, 7) is 17.6. The van der Waals surface area contributed by atoms with Crippen LogP contribution < -0.4 is 0 Å². The van der Waals surface area contributed by atoms with Crippen molar-refractivity contribution in [3.05, 3.63) is 38.0 Å². The van der Waals surface area contributed by atoms with Gasteiger partial charge in [0, 0.05) is 18.2 Å². The third-order valence-corrected chi connectivity index (χ3v) is 0.524. The molecule has 0 aliphatic carbocycles. The van der Waals surface area contributed by atoms with E-state index in [9.17, 15) is 14.4 Å². The summed E-state index contributed by atoms with van der Waals surface area (Å²) < 4.78 is 0. The predicted molar refractivity (Wildman–Crippen MR) is 78.6 cm³/mol. The summed E-state index contributed by atoms with van der Waals surface area (Å²) in [5, 5.41) is 22.8. The van der Waals surface area contributed by atoms with E-state index in [4.69, 9.17) is 15.3 Å². The van der Waals surface area contributed by atoms with E-state index in [0.29, 0.717) is 5.41 Å². The largest absolute Gasteiger partial charge is 0.478 e. The molecule has 0 aliphatic rings. The van der Waals surface area contributed by atoms with Crippen LogP contribution in [0, 0.1) is 5.41 Å². The molecule has 0 aromatic heterocycles. The Labute approximate surface area is 119 Å². The van der Waals surface area contributed by atoms with Gasteiger partial charge in [-0.2, -0.15) is 0 Å². The fourth-order valence-electron chi connectivity index (χ4n) is 0. The van der Waals surface area contributed by atoms with Gasteiger partial charge in [-0.05, 0) is 5.41 Å². The standard InChI is InChI=1S/C5H12.3C3H4O2/c1-5(2,3)4;3*1-2-3(4)5/h1-4H3;3*2H,1H2,(H,4,5). The minimum Gasteiger partial charge on any atom is -0.478 e. The molecule has 0 saturated carbocycles. The Hall–Kier alpha value is -2.37. The Kier molecular flexibility index (Phi) is 21.8. The van der Waals surface area contributed by atoms with Crippen molar-refractivity contribution >= 4 is 17.9 Å². The van der Waals surface area contributed by atoms with Gasteiger partial charge in [0.2, 0.25) is 0 Å². The topological polar surface area (TPSA) is 112 Å². The number of aliphatic carboxylic acids is 3. The fourth-order valence-corrected chi connectivity index (χ4v) is 0. The predicted octanol–water partition coefficient (Wildman–Crippen LogP) is 2.82. The van der Waals surface area contributed by atoms with Crippen LogP contribution in [-0.4, -0.2) is 33.2 Å². The minimum atomic E-state index is -0.981. The van der Waals surface area contributed by atoms with Crippen LogP contribution >= 0.6 is 0 Å². The lowest BCUT2D eigenvalue weighted by Gasteiger charge is -2.05. The van der Waals surface area contributed by atoms with Gasteiger partial charge < -0.3 is 15.3 Å². The monoisotopic (exact) mass is 288 g/mol. The Morgan fingerprint density at radius 1 is 0.700 bits per heavy atom. The third kappa shape index (κ3) is 254. The van der Waals surface area contributed by atoms with Gasteiger partial charge in [-0.1, -0.05) is 47.4 Å². The quantitative estimate of drug-likeness (QED) is 0.688. The first-order chi connectivity index (χ1) is 8.81. The fraction of sp³-hybridized carbons (Fsp3) is 0.357. The molecule has 3 N–H and O–H groups in total. The van der Waals surface area contributed by atoms with Crippen molar-refractivity contribution in [2.75, 3.05) is 0 Å². The molecule has 0 unspecified atom stereocenters. The molecular formula is C14H24O6. The summed E-state index contributed by atoms with van der Waals surface area (Å²) in [6.07, 6.45) is 2.50. The Morgan fingerprint density at radius 3 is 0.750 bits per heavy atom. The van der Waals surface area contributed by atoms with E-state index in [1.807, 2.05) is 0 Å². The molecule has 0 atom stereocenters. The number of carbonyl (C=O) groups is 3. The number of hydrogen-bond acceptors (Lipinski definition) is 3. The van der Waals surface area contributed by atoms with Crippen LogP contribution in [0.1, 0.15) is 27.7 Å². The van der Waals surface area contributed by atoms with Crippen molar-refractivity contribution in [1.82, 2.24) is 0 Å². The minimum absolute atomic E-state index is 0.500. The van der Waals surface area contributed by atoms with Gasteiger partial charge in [0.05, 0.1) is 0 Å². The summed E-state index contributed by atoms with van der Waals surface area (Å²) in [4.78, 5) is 27.8. The second kappa shape index (κ2) is 16.6. The van der Waals surface area contributed by atoms with Gasteiger partial charge in [0.1, 0.15) is 0 Å². The van der Waals surface area contributed by atoms with Crippen molar-refractivity contribution in [1.29, 1.82) is 0 Å². The molecule has 0 bridgehead atoms. The van der Waals surface area contributed by atoms with Crippen LogP contribution in [-0.2, 0) is 14.4 Å². The molecule has 0 aromatic rings. The molecule has 0 heterocycles. The first-order valence-corrected chi connectivity index (χ1v) is 5.37. The number of carboxylic acids is 3. The van der Waals surface area contributed by atoms with Gasteiger partial charge >= 0.3 is 17.9 Å². The SMILES string of the molecule is C=CC(=O)O.C=CC(=O)O.C=CC(=O)O.CC(C)(C)C. The van der Waals surface area contributed by atoms with Crippen LogP contribution in [0.2, 0.25) is 0 Å². The van der Waals surface area contributed by atoms with Gasteiger partial charge in [0.15, 0.2) is 0 Å². The number of hydrogen-bond donors (Lipinski definition) is 3. The van der Waals surface area contributed by atoms with E-state index in [1.165, 1.54) is 0 Å². The van der Waals surface area contributed by atoms with Crippen molar-refractivity contribution in [2.24, 2.45) is 5.41 Å². The highest BCUT2D eigenvalue weighted by Gasteiger charge is 1.95. The van der Waals surface area contributed by atoms with Crippen LogP contribution in [0.25, 0.3) is 0 Å². The smallest absolute Gasteiger partial charge is 0.327 e. The summed E-state index contributed by atoms with van der Waals surface area (Å²) in [7, 11) is 0. The molecule has 0 radical (unpaired) electrons. The highest BCUT2D eigenvalue weighted by Crippen LogP contribution is 2.08. The van der Waals surface area contributed by atoms with Gasteiger partial charge in [-0.25, -0.2) is 14.4 Å². The molecule has 0 fully saturated rings. The number of carboxylic acid groups (broad SMARTS) is 3. The lowest BCUT2D eigenvalue weighted by molar-refractivity contribution is -0.132. The Morgan fingerprint density at radius 2 is 0.750 bits per heavy atom. The lowest BCUT2D eigenvalue weighted by atomic mass is 10.0. The molecular weight excluding hydrogens is 264 g/mol. The van der Waals surface area contributed by atoms with Crippen LogP contribution in [0.15, 0.2) is 38.0 Å². The molecule has 0 spiro atoms. The summed E-state index contributed by atoms with van der Waals surface area (Å²) in [5.74, 6) is -2.94. The molecule has 0 aliphatic heterocycles. The van der Waals surface area contributed by atoms with E-state index in [0.717, 1.165) is 18.2 Å². The van der Waals surface area contributed by atoms with E-state index >= 15 is 0 Å². The van der Waals surface area contributed by atoms with E-state index < -0.39 is 17.9 Å². The van der Waals surface area contributed by atoms with Gasteiger partial charge in [-0.3, -0.25) is 0 Å². The van der Waals surface area contributed by atoms with Gasteiger partial charge in [-0.15, -0.1) is 0 Å². The van der Waals surface area contributed by atoms with Gasteiger partial charge in [0.25, 0.3) is 0 Å². The molecule has 6 nitrogen and oxygen atoms in total. The molecule has 0 amide bonds. The van der Waals surface area contributed by atoms with Crippen LogP contribution in [0.5, 0.6) is 0 Å². The second-order valence-corrected chi connectivity index (χ2v) is 4.63. The first kappa shape index (κ1) is 26.2. The summed E-state index contributed by atoms with van der Waals surface area (Å²) in [6, 6.07) is 0. The highest BCUT2D eigenvalue weighted by atomic mass is 16.4. The maximum atomic E-state index is 9.25. The number of rotatable bonds is 3. The third-order valence-electron chi connectivity index (χ3n) is 0.524. The van der Waals surface area contributed by atoms with Crippen LogP contribution in [0.3, 0.4) is 0 Å². The molecule has 20 heavy (non-hydrogen) atoms. The molecule has 0 aromatic carbocycles. The second-order valence-electron chi connectivity index (χ2n) is 4.63. The molecule has 0 rings (SSSR count). The Balaban J connectivity index is -0.0000000853. The average molecular weight is 288 g/mol. The molecule has 0 saturated heterocycles. The zero-order chi connectivity index (χ0) is 17.4. The molecule has 6 heteroatoms. The van der Waals surface area contributed by atoms with Crippen molar-refractivity contribution in [3.8, 4) is 0 Å². The maximum absolute atomic E-state index is 9.25. The summed E-state index contributed by atoms with van der Waals surface area (Å²) >= 11 is 0. The van der Waals surface area contributed by atoms with E-state index in [1.54, 1.807) is 0 Å². The van der Waals surface area contributed by atoms with E-state index in [2.05, 4.69) is 47.4 Å². The summed E-state index contributed by atoms with van der Waals surface area (Å²) in [5.41, 5.74) is 0.500. The maximum Gasteiger partial charge on any atom is 0.327 e.